The van der Waals surface area contributed by atoms with Gasteiger partial charge < -0.3 is 10.6 Å². The smallest absolute Gasteiger partial charge is 0.224 e. The number of benzene rings is 1. The summed E-state index contributed by atoms with van der Waals surface area (Å²) >= 11 is 0. The number of carbonyl (C=O) groups is 1. The van der Waals surface area contributed by atoms with Crippen molar-refractivity contribution in [2.24, 2.45) is 5.73 Å². The van der Waals surface area contributed by atoms with Crippen LogP contribution in [-0.4, -0.2) is 39.7 Å². The number of amides is 1. The molecule has 0 bridgehead atoms. The number of rotatable bonds is 4. The molecule has 1 aliphatic heterocycles. The van der Waals surface area contributed by atoms with Crippen LogP contribution in [-0.2, 0) is 4.79 Å². The Morgan fingerprint density at radius 1 is 1.23 bits per heavy atom. The minimum Gasteiger partial charge on any atom is -0.340 e. The maximum absolute atomic E-state index is 12.7. The minimum absolute atomic E-state index is 0. The lowest BCUT2D eigenvalue weighted by Gasteiger charge is -2.20. The molecule has 0 saturated carbocycles. The molecule has 0 spiro atoms. The summed E-state index contributed by atoms with van der Waals surface area (Å²) in [6, 6.07) is 12.3. The van der Waals surface area contributed by atoms with Gasteiger partial charge in [0.15, 0.2) is 0 Å². The average molecular weight is 399 g/mol. The van der Waals surface area contributed by atoms with E-state index in [-0.39, 0.29) is 48.7 Å². The van der Waals surface area contributed by atoms with E-state index in [2.05, 4.69) is 17.2 Å². The second kappa shape index (κ2) is 9.40. The summed E-state index contributed by atoms with van der Waals surface area (Å²) in [5, 5.41) is 4.49. The summed E-state index contributed by atoms with van der Waals surface area (Å²) in [4.78, 5) is 14.6. The predicted octanol–water partition coefficient (Wildman–Crippen LogP) is 3.25. The van der Waals surface area contributed by atoms with E-state index in [1.54, 1.807) is 0 Å². The fourth-order valence-electron chi connectivity index (χ4n) is 3.65. The van der Waals surface area contributed by atoms with Crippen LogP contribution in [0.4, 0.5) is 0 Å². The monoisotopic (exact) mass is 398 g/mol. The zero-order valence-electron chi connectivity index (χ0n) is 15.5. The summed E-state index contributed by atoms with van der Waals surface area (Å²) in [5.74, 6) is 0.378. The van der Waals surface area contributed by atoms with Crippen LogP contribution in [0.3, 0.4) is 0 Å². The van der Waals surface area contributed by atoms with Gasteiger partial charge in [0, 0.05) is 37.2 Å². The molecule has 3 rings (SSSR count). The molecule has 2 heterocycles. The van der Waals surface area contributed by atoms with Crippen molar-refractivity contribution in [3.05, 3.63) is 53.3 Å². The largest absolute Gasteiger partial charge is 0.340 e. The fourth-order valence-corrected chi connectivity index (χ4v) is 3.65. The summed E-state index contributed by atoms with van der Waals surface area (Å²) in [5.41, 5.74) is 9.59. The van der Waals surface area contributed by atoms with Gasteiger partial charge in [-0.3, -0.25) is 9.48 Å². The van der Waals surface area contributed by atoms with Crippen molar-refractivity contribution in [2.75, 3.05) is 13.1 Å². The summed E-state index contributed by atoms with van der Waals surface area (Å²) in [6.45, 7) is 7.37. The molecule has 1 aromatic carbocycles. The molecule has 1 aromatic heterocycles. The Hall–Kier alpha value is -1.56. The zero-order chi connectivity index (χ0) is 17.3. The van der Waals surface area contributed by atoms with E-state index < -0.39 is 0 Å². The lowest BCUT2D eigenvalue weighted by Crippen LogP contribution is -2.33. The second-order valence-corrected chi connectivity index (χ2v) is 6.90. The van der Waals surface area contributed by atoms with Crippen LogP contribution in [0, 0.1) is 13.8 Å². The third-order valence-corrected chi connectivity index (χ3v) is 4.88. The minimum atomic E-state index is 0. The van der Waals surface area contributed by atoms with Crippen LogP contribution < -0.4 is 5.73 Å². The van der Waals surface area contributed by atoms with Gasteiger partial charge in [0.2, 0.25) is 5.91 Å². The van der Waals surface area contributed by atoms with Gasteiger partial charge in [-0.2, -0.15) is 5.10 Å². The fraction of sp³-hybridized carbons (Fsp3) is 0.474. The Bertz CT molecular complexity index is 720. The highest BCUT2D eigenvalue weighted by Crippen LogP contribution is 2.27. The number of aryl methyl sites for hydroxylation is 2. The van der Waals surface area contributed by atoms with Crippen molar-refractivity contribution in [1.29, 1.82) is 0 Å². The third kappa shape index (κ3) is 4.78. The Morgan fingerprint density at radius 2 is 1.88 bits per heavy atom. The van der Waals surface area contributed by atoms with Gasteiger partial charge in [-0.1, -0.05) is 30.3 Å². The quantitative estimate of drug-likeness (QED) is 0.859. The third-order valence-electron chi connectivity index (χ3n) is 4.88. The highest BCUT2D eigenvalue weighted by atomic mass is 35.5. The van der Waals surface area contributed by atoms with Crippen LogP contribution in [0.2, 0.25) is 0 Å². The van der Waals surface area contributed by atoms with Crippen molar-refractivity contribution in [2.45, 2.75) is 45.2 Å². The molecule has 1 saturated heterocycles. The van der Waals surface area contributed by atoms with E-state index >= 15 is 0 Å². The molecule has 3 atom stereocenters. The van der Waals surface area contributed by atoms with Crippen LogP contribution in [0.5, 0.6) is 0 Å². The maximum Gasteiger partial charge on any atom is 0.224 e. The first-order valence-electron chi connectivity index (χ1n) is 8.56. The van der Waals surface area contributed by atoms with Gasteiger partial charge >= 0.3 is 0 Å². The Morgan fingerprint density at radius 3 is 2.46 bits per heavy atom. The van der Waals surface area contributed by atoms with E-state index in [0.717, 1.165) is 11.4 Å². The number of aromatic nitrogens is 2. The van der Waals surface area contributed by atoms with E-state index in [1.807, 2.05) is 54.6 Å². The lowest BCUT2D eigenvalue weighted by molar-refractivity contribution is -0.131. The molecule has 2 N–H and O–H groups in total. The van der Waals surface area contributed by atoms with Crippen molar-refractivity contribution in [1.82, 2.24) is 14.7 Å². The Balaban J connectivity index is 0.00000169. The van der Waals surface area contributed by atoms with Gasteiger partial charge in [0.1, 0.15) is 0 Å². The molecule has 7 heteroatoms. The molecule has 1 amide bonds. The van der Waals surface area contributed by atoms with Gasteiger partial charge in [-0.05, 0) is 32.4 Å². The lowest BCUT2D eigenvalue weighted by atomic mass is 9.95. The number of nitrogens with zero attached hydrogens (tertiary/aromatic N) is 3. The zero-order valence-corrected chi connectivity index (χ0v) is 17.1. The van der Waals surface area contributed by atoms with E-state index in [4.69, 9.17) is 5.73 Å². The van der Waals surface area contributed by atoms with Gasteiger partial charge in [0.25, 0.3) is 0 Å². The number of nitrogens with two attached hydrogens (primary N) is 1. The van der Waals surface area contributed by atoms with Crippen molar-refractivity contribution in [3.63, 3.8) is 0 Å². The molecule has 1 unspecified atom stereocenters. The summed E-state index contributed by atoms with van der Waals surface area (Å²) in [6.07, 6.45) is 0.455. The molecular formula is C19H28Cl2N4O. The highest BCUT2D eigenvalue weighted by Gasteiger charge is 2.34. The number of hydrogen-bond donors (Lipinski definition) is 1. The second-order valence-electron chi connectivity index (χ2n) is 6.90. The molecule has 2 aromatic rings. The highest BCUT2D eigenvalue weighted by molar-refractivity contribution is 5.85. The first kappa shape index (κ1) is 22.5. The number of carbonyl (C=O) groups excluding carboxylic acids is 1. The van der Waals surface area contributed by atoms with E-state index in [1.165, 1.54) is 5.56 Å². The van der Waals surface area contributed by atoms with Gasteiger partial charge in [-0.25, -0.2) is 0 Å². The van der Waals surface area contributed by atoms with Crippen LogP contribution in [0.15, 0.2) is 36.4 Å². The summed E-state index contributed by atoms with van der Waals surface area (Å²) in [7, 11) is 0. The van der Waals surface area contributed by atoms with Crippen molar-refractivity contribution >= 4 is 30.7 Å². The van der Waals surface area contributed by atoms with Gasteiger partial charge in [0.05, 0.1) is 11.7 Å². The number of halogens is 2. The van der Waals surface area contributed by atoms with Crippen LogP contribution >= 0.6 is 24.8 Å². The number of hydrogen-bond acceptors (Lipinski definition) is 3. The average Bonchev–Trinajstić information content (AvgIpc) is 3.10. The van der Waals surface area contributed by atoms with Crippen molar-refractivity contribution in [3.8, 4) is 0 Å². The van der Waals surface area contributed by atoms with Crippen molar-refractivity contribution < 1.29 is 4.79 Å². The Kier molecular flexibility index (Phi) is 8.13. The predicted molar refractivity (Wildman–Crippen MR) is 109 cm³/mol. The topological polar surface area (TPSA) is 64.2 Å². The molecule has 0 radical (unpaired) electrons. The molecule has 144 valence electrons. The first-order valence-corrected chi connectivity index (χ1v) is 8.56. The normalized spacial score (nSPS) is 20.2. The molecule has 1 aliphatic rings. The van der Waals surface area contributed by atoms with Crippen LogP contribution in [0.1, 0.15) is 42.3 Å². The molecular weight excluding hydrogens is 371 g/mol. The molecule has 0 aliphatic carbocycles. The molecule has 26 heavy (non-hydrogen) atoms. The van der Waals surface area contributed by atoms with Crippen LogP contribution in [0.25, 0.3) is 0 Å². The standard InChI is InChI=1S/C19H26N4O.2ClH/c1-13-9-14(2)23(21-13)15(3)10-19(24)22-11-17(18(20)12-22)16-7-5-4-6-8-16;;/h4-9,15,17-18H,10-12,20H2,1-3H3;2*1H/t15?,17-,18+;;/m0../s1. The molecule has 1 fully saturated rings. The van der Waals surface area contributed by atoms with Gasteiger partial charge in [-0.15, -0.1) is 24.8 Å². The maximum atomic E-state index is 12.7. The van der Waals surface area contributed by atoms with E-state index in [0.29, 0.717) is 19.5 Å². The molecule has 5 nitrogen and oxygen atoms in total. The SMILES string of the molecule is Cc1cc(C)n(C(C)CC(=O)N2C[C@@H](N)[C@H](c3ccccc3)C2)n1.Cl.Cl. The first-order chi connectivity index (χ1) is 11.5. The Labute approximate surface area is 167 Å². The number of likely N-dealkylation sites (tertiary alicyclic amines) is 1. The summed E-state index contributed by atoms with van der Waals surface area (Å²) < 4.78 is 1.94. The van der Waals surface area contributed by atoms with E-state index in [9.17, 15) is 4.79 Å².